The monoisotopic (exact) mass is 225 g/mol. The highest BCUT2D eigenvalue weighted by Crippen LogP contribution is 2.30. The average Bonchev–Trinajstić information content (AvgIpc) is 2.35. The maximum Gasteiger partial charge on any atom is 0.161 e. The van der Waals surface area contributed by atoms with Gasteiger partial charge in [-0.15, -0.1) is 0 Å². The quantitative estimate of drug-likeness (QED) is 0.751. The zero-order valence-corrected chi connectivity index (χ0v) is 10.3. The van der Waals surface area contributed by atoms with Gasteiger partial charge in [-0.1, -0.05) is 6.92 Å². The number of hydroxylamine groups is 1. The molecule has 0 unspecified atom stereocenters. The van der Waals surface area contributed by atoms with Gasteiger partial charge < -0.3 is 14.3 Å². The SMILES string of the molecule is CCc1cc(OC)c(OC)cc1CNOC. The minimum atomic E-state index is 0.653. The molecule has 4 nitrogen and oxygen atoms in total. The highest BCUT2D eigenvalue weighted by Gasteiger charge is 2.09. The summed E-state index contributed by atoms with van der Waals surface area (Å²) in [4.78, 5) is 4.85. The number of hydrogen-bond acceptors (Lipinski definition) is 4. The fourth-order valence-corrected chi connectivity index (χ4v) is 1.61. The number of ether oxygens (including phenoxy) is 2. The molecule has 0 saturated heterocycles. The van der Waals surface area contributed by atoms with Crippen LogP contribution < -0.4 is 15.0 Å². The van der Waals surface area contributed by atoms with Crippen LogP contribution in [0.15, 0.2) is 12.1 Å². The molecule has 0 aliphatic rings. The van der Waals surface area contributed by atoms with Crippen molar-refractivity contribution in [2.75, 3.05) is 21.3 Å². The predicted molar refractivity (Wildman–Crippen MR) is 62.8 cm³/mol. The summed E-state index contributed by atoms with van der Waals surface area (Å²) in [6.45, 7) is 2.76. The van der Waals surface area contributed by atoms with E-state index in [9.17, 15) is 0 Å². The van der Waals surface area contributed by atoms with Crippen LogP contribution in [0.5, 0.6) is 11.5 Å². The molecule has 1 aromatic carbocycles. The van der Waals surface area contributed by atoms with Crippen molar-refractivity contribution in [2.45, 2.75) is 19.9 Å². The molecule has 4 heteroatoms. The van der Waals surface area contributed by atoms with Crippen LogP contribution in [0.3, 0.4) is 0 Å². The third kappa shape index (κ3) is 2.87. The van der Waals surface area contributed by atoms with E-state index in [1.807, 2.05) is 12.1 Å². The number of hydrogen-bond donors (Lipinski definition) is 1. The Kier molecular flexibility index (Phi) is 5.08. The summed E-state index contributed by atoms with van der Waals surface area (Å²) >= 11 is 0. The Bertz CT molecular complexity index is 339. The van der Waals surface area contributed by atoms with E-state index in [1.54, 1.807) is 21.3 Å². The van der Waals surface area contributed by atoms with Gasteiger partial charge in [0.1, 0.15) is 0 Å². The molecule has 0 atom stereocenters. The highest BCUT2D eigenvalue weighted by molar-refractivity contribution is 5.47. The van der Waals surface area contributed by atoms with Crippen molar-refractivity contribution >= 4 is 0 Å². The molecule has 0 saturated carbocycles. The average molecular weight is 225 g/mol. The van der Waals surface area contributed by atoms with E-state index in [1.165, 1.54) is 5.56 Å². The Hall–Kier alpha value is -1.26. The molecule has 0 fully saturated rings. The van der Waals surface area contributed by atoms with E-state index in [0.717, 1.165) is 23.5 Å². The van der Waals surface area contributed by atoms with Crippen LogP contribution >= 0.6 is 0 Å². The zero-order chi connectivity index (χ0) is 12.0. The number of rotatable bonds is 6. The summed E-state index contributed by atoms with van der Waals surface area (Å²) in [5, 5.41) is 0. The van der Waals surface area contributed by atoms with Crippen molar-refractivity contribution in [2.24, 2.45) is 0 Å². The Morgan fingerprint density at radius 2 is 1.56 bits per heavy atom. The molecule has 16 heavy (non-hydrogen) atoms. The van der Waals surface area contributed by atoms with E-state index in [-0.39, 0.29) is 0 Å². The van der Waals surface area contributed by atoms with E-state index in [0.29, 0.717) is 6.54 Å². The number of nitrogens with one attached hydrogen (secondary N) is 1. The smallest absolute Gasteiger partial charge is 0.161 e. The molecule has 1 aromatic rings. The summed E-state index contributed by atoms with van der Waals surface area (Å²) in [6.07, 6.45) is 0.946. The summed E-state index contributed by atoms with van der Waals surface area (Å²) in [7, 11) is 4.88. The molecule has 0 heterocycles. The largest absolute Gasteiger partial charge is 0.493 e. The first-order chi connectivity index (χ1) is 7.76. The third-order valence-corrected chi connectivity index (χ3v) is 2.49. The van der Waals surface area contributed by atoms with Gasteiger partial charge in [0.05, 0.1) is 21.3 Å². The second-order valence-electron chi connectivity index (χ2n) is 3.35. The van der Waals surface area contributed by atoms with Gasteiger partial charge in [0, 0.05) is 6.54 Å². The Balaban J connectivity index is 3.05. The molecular formula is C12H19NO3. The van der Waals surface area contributed by atoms with Crippen LogP contribution in [-0.2, 0) is 17.8 Å². The summed E-state index contributed by atoms with van der Waals surface area (Å²) in [6, 6.07) is 3.98. The number of methoxy groups -OCH3 is 2. The first-order valence-electron chi connectivity index (χ1n) is 5.26. The van der Waals surface area contributed by atoms with Gasteiger partial charge in [-0.05, 0) is 29.7 Å². The van der Waals surface area contributed by atoms with Gasteiger partial charge >= 0.3 is 0 Å². The van der Waals surface area contributed by atoms with Crippen molar-refractivity contribution in [3.8, 4) is 11.5 Å². The fourth-order valence-electron chi connectivity index (χ4n) is 1.61. The molecular weight excluding hydrogens is 206 g/mol. The second-order valence-corrected chi connectivity index (χ2v) is 3.35. The summed E-state index contributed by atoms with van der Waals surface area (Å²) in [5.41, 5.74) is 5.21. The van der Waals surface area contributed by atoms with Crippen molar-refractivity contribution in [3.63, 3.8) is 0 Å². The molecule has 0 aliphatic carbocycles. The summed E-state index contributed by atoms with van der Waals surface area (Å²) in [5.74, 6) is 1.51. The second kappa shape index (κ2) is 6.35. The van der Waals surface area contributed by atoms with Gasteiger partial charge in [0.2, 0.25) is 0 Å². The highest BCUT2D eigenvalue weighted by atomic mass is 16.6. The standard InChI is InChI=1S/C12H19NO3/c1-5-9-6-11(14-2)12(15-3)7-10(9)8-13-16-4/h6-7,13H,5,8H2,1-4H3. The first kappa shape index (κ1) is 12.8. The molecule has 0 bridgehead atoms. The number of aryl methyl sites for hydroxylation is 1. The maximum atomic E-state index is 5.26. The minimum absolute atomic E-state index is 0.653. The maximum absolute atomic E-state index is 5.26. The Morgan fingerprint density at radius 3 is 2.00 bits per heavy atom. The normalized spacial score (nSPS) is 10.2. The van der Waals surface area contributed by atoms with Crippen molar-refractivity contribution in [3.05, 3.63) is 23.3 Å². The molecule has 0 spiro atoms. The lowest BCUT2D eigenvalue weighted by atomic mass is 10.0. The van der Waals surface area contributed by atoms with E-state index >= 15 is 0 Å². The summed E-state index contributed by atoms with van der Waals surface area (Å²) < 4.78 is 10.5. The fraction of sp³-hybridized carbons (Fsp3) is 0.500. The molecule has 1 N–H and O–H groups in total. The molecule has 0 aliphatic heterocycles. The zero-order valence-electron chi connectivity index (χ0n) is 10.3. The molecule has 0 amide bonds. The lowest BCUT2D eigenvalue weighted by molar-refractivity contribution is 0.0865. The molecule has 1 rings (SSSR count). The van der Waals surface area contributed by atoms with E-state index < -0.39 is 0 Å². The first-order valence-corrected chi connectivity index (χ1v) is 5.26. The van der Waals surface area contributed by atoms with E-state index in [4.69, 9.17) is 14.3 Å². The topological polar surface area (TPSA) is 39.7 Å². The van der Waals surface area contributed by atoms with E-state index in [2.05, 4.69) is 12.4 Å². The van der Waals surface area contributed by atoms with Gasteiger partial charge in [0.25, 0.3) is 0 Å². The van der Waals surface area contributed by atoms with Gasteiger partial charge in [-0.25, -0.2) is 0 Å². The van der Waals surface area contributed by atoms with Gasteiger partial charge in [-0.3, -0.25) is 0 Å². The van der Waals surface area contributed by atoms with Crippen LogP contribution in [0.4, 0.5) is 0 Å². The Labute approximate surface area is 96.5 Å². The van der Waals surface area contributed by atoms with Crippen molar-refractivity contribution < 1.29 is 14.3 Å². The molecule has 90 valence electrons. The third-order valence-electron chi connectivity index (χ3n) is 2.49. The van der Waals surface area contributed by atoms with Crippen LogP contribution in [0, 0.1) is 0 Å². The minimum Gasteiger partial charge on any atom is -0.493 e. The molecule has 0 radical (unpaired) electrons. The lowest BCUT2D eigenvalue weighted by Crippen LogP contribution is -2.12. The van der Waals surface area contributed by atoms with Crippen LogP contribution in [0.1, 0.15) is 18.1 Å². The number of benzene rings is 1. The van der Waals surface area contributed by atoms with Crippen molar-refractivity contribution in [1.29, 1.82) is 0 Å². The predicted octanol–water partition coefficient (Wildman–Crippen LogP) is 1.92. The van der Waals surface area contributed by atoms with Crippen LogP contribution in [0.2, 0.25) is 0 Å². The van der Waals surface area contributed by atoms with Gasteiger partial charge in [0.15, 0.2) is 11.5 Å². The van der Waals surface area contributed by atoms with Crippen molar-refractivity contribution in [1.82, 2.24) is 5.48 Å². The van der Waals surface area contributed by atoms with Crippen LogP contribution in [-0.4, -0.2) is 21.3 Å². The molecule has 0 aromatic heterocycles. The lowest BCUT2D eigenvalue weighted by Gasteiger charge is -2.14. The Morgan fingerprint density at radius 1 is 1.00 bits per heavy atom. The van der Waals surface area contributed by atoms with Crippen LogP contribution in [0.25, 0.3) is 0 Å². The van der Waals surface area contributed by atoms with Gasteiger partial charge in [-0.2, -0.15) is 5.48 Å².